The molecule has 8 nitrogen and oxygen atoms in total. The van der Waals surface area contributed by atoms with Crippen molar-refractivity contribution in [2.45, 2.75) is 32.9 Å². The van der Waals surface area contributed by atoms with Gasteiger partial charge < -0.3 is 5.32 Å². The van der Waals surface area contributed by atoms with E-state index in [4.69, 9.17) is 0 Å². The minimum absolute atomic E-state index is 0.107. The van der Waals surface area contributed by atoms with Gasteiger partial charge in [0.2, 0.25) is 5.91 Å². The number of rotatable bonds is 6. The van der Waals surface area contributed by atoms with Crippen LogP contribution in [0.3, 0.4) is 0 Å². The van der Waals surface area contributed by atoms with Gasteiger partial charge in [-0.3, -0.25) is 24.3 Å². The Morgan fingerprint density at radius 2 is 1.96 bits per heavy atom. The SMILES string of the molecule is CC[C@H](NC(=O)Cn1cnc2ccc([N+](=O)[O-])cc2c1=O)c1ccc(C)cc1. The normalized spacial score (nSPS) is 11.9. The van der Waals surface area contributed by atoms with Gasteiger partial charge in [0, 0.05) is 12.1 Å². The van der Waals surface area contributed by atoms with Crippen molar-refractivity contribution in [1.29, 1.82) is 0 Å². The Hall–Kier alpha value is -3.55. The van der Waals surface area contributed by atoms with E-state index < -0.39 is 10.5 Å². The second-order valence-electron chi connectivity index (χ2n) is 6.58. The van der Waals surface area contributed by atoms with Crippen molar-refractivity contribution >= 4 is 22.5 Å². The van der Waals surface area contributed by atoms with Crippen LogP contribution in [0.2, 0.25) is 0 Å². The number of aromatic nitrogens is 2. The van der Waals surface area contributed by atoms with Gasteiger partial charge in [-0.05, 0) is 25.0 Å². The lowest BCUT2D eigenvalue weighted by molar-refractivity contribution is -0.384. The van der Waals surface area contributed by atoms with E-state index in [-0.39, 0.29) is 29.6 Å². The zero-order chi connectivity index (χ0) is 20.3. The molecule has 28 heavy (non-hydrogen) atoms. The first kappa shape index (κ1) is 19.2. The van der Waals surface area contributed by atoms with E-state index in [9.17, 15) is 19.7 Å². The lowest BCUT2D eigenvalue weighted by atomic mass is 10.0. The summed E-state index contributed by atoms with van der Waals surface area (Å²) in [5.74, 6) is -0.332. The summed E-state index contributed by atoms with van der Waals surface area (Å²) >= 11 is 0. The molecule has 1 amide bonds. The highest BCUT2D eigenvalue weighted by atomic mass is 16.6. The van der Waals surface area contributed by atoms with E-state index in [1.165, 1.54) is 24.5 Å². The molecule has 0 fully saturated rings. The van der Waals surface area contributed by atoms with E-state index >= 15 is 0 Å². The number of nitrogens with one attached hydrogen (secondary N) is 1. The van der Waals surface area contributed by atoms with Gasteiger partial charge in [-0.15, -0.1) is 0 Å². The molecule has 1 aromatic heterocycles. The van der Waals surface area contributed by atoms with Crippen LogP contribution in [-0.2, 0) is 11.3 Å². The number of nitro groups is 1. The minimum atomic E-state index is -0.573. The molecular weight excluding hydrogens is 360 g/mol. The van der Waals surface area contributed by atoms with Crippen molar-refractivity contribution < 1.29 is 9.72 Å². The highest BCUT2D eigenvalue weighted by Gasteiger charge is 2.15. The second kappa shape index (κ2) is 7.99. The summed E-state index contributed by atoms with van der Waals surface area (Å²) in [6.45, 7) is 3.74. The molecule has 8 heteroatoms. The Kier molecular flexibility index (Phi) is 5.49. The van der Waals surface area contributed by atoms with Crippen molar-refractivity contribution in [2.75, 3.05) is 0 Å². The molecule has 0 bridgehead atoms. The fourth-order valence-electron chi connectivity index (χ4n) is 2.99. The Bertz CT molecular complexity index is 1090. The molecule has 0 spiro atoms. The molecular formula is C20H20N4O4. The molecule has 1 N–H and O–H groups in total. The third-order valence-corrected chi connectivity index (χ3v) is 4.56. The van der Waals surface area contributed by atoms with Crippen LogP contribution in [0.4, 0.5) is 5.69 Å². The van der Waals surface area contributed by atoms with Gasteiger partial charge in [0.05, 0.1) is 28.2 Å². The number of non-ortho nitro benzene ring substituents is 1. The number of nitrogens with zero attached hydrogens (tertiary/aromatic N) is 3. The van der Waals surface area contributed by atoms with E-state index in [0.717, 1.165) is 15.7 Å². The fraction of sp³-hybridized carbons (Fsp3) is 0.250. The van der Waals surface area contributed by atoms with Crippen LogP contribution in [0.25, 0.3) is 10.9 Å². The molecule has 0 aliphatic carbocycles. The van der Waals surface area contributed by atoms with E-state index in [0.29, 0.717) is 11.9 Å². The summed E-state index contributed by atoms with van der Waals surface area (Å²) in [6.07, 6.45) is 1.98. The van der Waals surface area contributed by atoms with Gasteiger partial charge in [-0.1, -0.05) is 36.8 Å². The van der Waals surface area contributed by atoms with Crippen molar-refractivity contribution in [1.82, 2.24) is 14.9 Å². The molecule has 0 aliphatic rings. The maximum absolute atomic E-state index is 12.6. The molecule has 0 aliphatic heterocycles. The zero-order valence-corrected chi connectivity index (χ0v) is 15.6. The Labute approximate surface area is 161 Å². The highest BCUT2D eigenvalue weighted by Crippen LogP contribution is 2.18. The minimum Gasteiger partial charge on any atom is -0.348 e. The Balaban J connectivity index is 1.82. The molecule has 144 valence electrons. The first-order valence-electron chi connectivity index (χ1n) is 8.88. The van der Waals surface area contributed by atoms with Gasteiger partial charge in [0.1, 0.15) is 6.54 Å². The first-order chi connectivity index (χ1) is 13.4. The molecule has 2 aromatic carbocycles. The molecule has 3 rings (SSSR count). The third-order valence-electron chi connectivity index (χ3n) is 4.56. The predicted octanol–water partition coefficient (Wildman–Crippen LogP) is 2.88. The van der Waals surface area contributed by atoms with Crippen LogP contribution in [0, 0.1) is 17.0 Å². The third kappa shape index (κ3) is 4.06. The predicted molar refractivity (Wildman–Crippen MR) is 105 cm³/mol. The Morgan fingerprint density at radius 1 is 1.25 bits per heavy atom. The summed E-state index contributed by atoms with van der Waals surface area (Å²) in [5.41, 5.74) is 1.78. The van der Waals surface area contributed by atoms with E-state index in [1.54, 1.807) is 0 Å². The topological polar surface area (TPSA) is 107 Å². The zero-order valence-electron chi connectivity index (χ0n) is 15.6. The first-order valence-corrected chi connectivity index (χ1v) is 8.88. The number of carbonyl (C=O) groups is 1. The smallest absolute Gasteiger partial charge is 0.270 e. The van der Waals surface area contributed by atoms with Gasteiger partial charge in [0.15, 0.2) is 0 Å². The van der Waals surface area contributed by atoms with Crippen molar-refractivity contribution in [2.24, 2.45) is 0 Å². The number of hydrogen-bond donors (Lipinski definition) is 1. The average molecular weight is 380 g/mol. The average Bonchev–Trinajstić information content (AvgIpc) is 2.69. The number of carbonyl (C=O) groups excluding carboxylic acids is 1. The number of fused-ring (bicyclic) bond motifs is 1. The molecule has 0 unspecified atom stereocenters. The maximum atomic E-state index is 12.6. The van der Waals surface area contributed by atoms with Crippen LogP contribution in [-0.4, -0.2) is 20.4 Å². The van der Waals surface area contributed by atoms with Crippen LogP contribution in [0.1, 0.15) is 30.5 Å². The van der Waals surface area contributed by atoms with Gasteiger partial charge in [0.25, 0.3) is 11.2 Å². The van der Waals surface area contributed by atoms with Gasteiger partial charge >= 0.3 is 0 Å². The highest BCUT2D eigenvalue weighted by molar-refractivity contribution is 5.81. The second-order valence-corrected chi connectivity index (χ2v) is 6.58. The maximum Gasteiger partial charge on any atom is 0.270 e. The van der Waals surface area contributed by atoms with Crippen molar-refractivity contribution in [3.63, 3.8) is 0 Å². The van der Waals surface area contributed by atoms with Gasteiger partial charge in [-0.2, -0.15) is 0 Å². The van der Waals surface area contributed by atoms with Gasteiger partial charge in [-0.25, -0.2) is 4.98 Å². The quantitative estimate of drug-likeness (QED) is 0.523. The lowest BCUT2D eigenvalue weighted by Crippen LogP contribution is -2.34. The molecule has 3 aromatic rings. The standard InChI is InChI=1S/C20H20N4O4/c1-3-17(14-6-4-13(2)5-7-14)22-19(25)11-23-12-21-18-9-8-15(24(27)28)10-16(18)20(23)26/h4-10,12,17H,3,11H2,1-2H3,(H,22,25)/t17-/m0/s1. The number of nitro benzene ring substituents is 1. The Morgan fingerprint density at radius 3 is 2.61 bits per heavy atom. The monoisotopic (exact) mass is 380 g/mol. The van der Waals surface area contributed by atoms with Crippen molar-refractivity contribution in [3.8, 4) is 0 Å². The summed E-state index contributed by atoms with van der Waals surface area (Å²) in [5, 5.41) is 14.0. The molecule has 1 atom stereocenters. The summed E-state index contributed by atoms with van der Waals surface area (Å²) in [6, 6.07) is 11.6. The van der Waals surface area contributed by atoms with E-state index in [1.807, 2.05) is 38.1 Å². The molecule has 0 radical (unpaired) electrons. The summed E-state index contributed by atoms with van der Waals surface area (Å²) in [4.78, 5) is 39.6. The van der Waals surface area contributed by atoms with Crippen LogP contribution < -0.4 is 10.9 Å². The van der Waals surface area contributed by atoms with E-state index in [2.05, 4.69) is 10.3 Å². The molecule has 0 saturated carbocycles. The molecule has 1 heterocycles. The van der Waals surface area contributed by atoms with Crippen molar-refractivity contribution in [3.05, 3.63) is 80.4 Å². The number of aryl methyl sites for hydroxylation is 1. The van der Waals surface area contributed by atoms with Crippen LogP contribution in [0.5, 0.6) is 0 Å². The number of amides is 1. The largest absolute Gasteiger partial charge is 0.348 e. The summed E-state index contributed by atoms with van der Waals surface area (Å²) < 4.78 is 1.16. The molecule has 0 saturated heterocycles. The summed E-state index contributed by atoms with van der Waals surface area (Å²) in [7, 11) is 0. The lowest BCUT2D eigenvalue weighted by Gasteiger charge is -2.18. The fourth-order valence-corrected chi connectivity index (χ4v) is 2.99. The van der Waals surface area contributed by atoms with Crippen LogP contribution in [0.15, 0.2) is 53.6 Å². The number of hydrogen-bond acceptors (Lipinski definition) is 5. The number of benzene rings is 2. The van der Waals surface area contributed by atoms with Crippen LogP contribution >= 0.6 is 0 Å².